The Morgan fingerprint density at radius 1 is 1.33 bits per heavy atom. The van der Waals surface area contributed by atoms with Crippen LogP contribution in [0, 0.1) is 17.1 Å². The van der Waals surface area contributed by atoms with Gasteiger partial charge in [0.05, 0.1) is 11.6 Å². The lowest BCUT2D eigenvalue weighted by Crippen LogP contribution is -2.05. The van der Waals surface area contributed by atoms with Crippen molar-refractivity contribution in [3.05, 3.63) is 58.3 Å². The molecule has 0 spiro atoms. The van der Waals surface area contributed by atoms with E-state index in [1.807, 2.05) is 6.07 Å². The highest BCUT2D eigenvalue weighted by molar-refractivity contribution is 5.88. The zero-order chi connectivity index (χ0) is 15.0. The first-order valence-corrected chi connectivity index (χ1v) is 5.92. The number of aromatic hydroxyl groups is 1. The molecule has 0 atom stereocenters. The Hall–Kier alpha value is -3.20. The second-order valence-corrected chi connectivity index (χ2v) is 4.26. The number of benzene rings is 1. The van der Waals surface area contributed by atoms with E-state index in [1.165, 1.54) is 18.3 Å². The number of halogens is 1. The van der Waals surface area contributed by atoms with Crippen LogP contribution in [0.1, 0.15) is 5.56 Å². The smallest absolute Gasteiger partial charge is 0.348 e. The van der Waals surface area contributed by atoms with Gasteiger partial charge in [-0.3, -0.25) is 0 Å². The number of pyridine rings is 1. The number of aromatic nitrogens is 1. The number of hydrogen-bond donors (Lipinski definition) is 1. The molecule has 1 N–H and O–H groups in total. The van der Waals surface area contributed by atoms with Crippen LogP contribution < -0.4 is 5.63 Å². The SMILES string of the molecule is N#Cc1ccc(F)cc1-c1c(O)c2ncccc2oc1=O. The Kier molecular flexibility index (Phi) is 2.88. The van der Waals surface area contributed by atoms with Crippen LogP contribution in [-0.2, 0) is 0 Å². The fourth-order valence-electron chi connectivity index (χ4n) is 2.08. The number of fused-ring (bicyclic) bond motifs is 1. The van der Waals surface area contributed by atoms with Gasteiger partial charge in [0.25, 0.3) is 0 Å². The summed E-state index contributed by atoms with van der Waals surface area (Å²) < 4.78 is 18.5. The van der Waals surface area contributed by atoms with Gasteiger partial charge in [0.15, 0.2) is 11.3 Å². The second kappa shape index (κ2) is 4.72. The van der Waals surface area contributed by atoms with Crippen LogP contribution in [0.3, 0.4) is 0 Å². The molecule has 3 aromatic rings. The Bertz CT molecular complexity index is 957. The molecular formula is C15H7FN2O3. The molecule has 0 aliphatic carbocycles. The molecule has 0 bridgehead atoms. The van der Waals surface area contributed by atoms with Gasteiger partial charge in [0, 0.05) is 11.8 Å². The van der Waals surface area contributed by atoms with Gasteiger partial charge in [-0.15, -0.1) is 0 Å². The maximum absolute atomic E-state index is 13.4. The zero-order valence-corrected chi connectivity index (χ0v) is 10.5. The minimum absolute atomic E-state index is 0.0312. The summed E-state index contributed by atoms with van der Waals surface area (Å²) in [5.74, 6) is -1.08. The van der Waals surface area contributed by atoms with Crippen LogP contribution in [0.25, 0.3) is 22.2 Å². The molecule has 1 aromatic carbocycles. The van der Waals surface area contributed by atoms with Gasteiger partial charge in [0.2, 0.25) is 0 Å². The number of rotatable bonds is 1. The van der Waals surface area contributed by atoms with Gasteiger partial charge >= 0.3 is 5.63 Å². The van der Waals surface area contributed by atoms with E-state index in [9.17, 15) is 14.3 Å². The summed E-state index contributed by atoms with van der Waals surface area (Å²) in [5, 5.41) is 19.3. The molecule has 0 saturated heterocycles. The van der Waals surface area contributed by atoms with Crippen molar-refractivity contribution in [3.8, 4) is 22.9 Å². The summed E-state index contributed by atoms with van der Waals surface area (Å²) >= 11 is 0. The Morgan fingerprint density at radius 2 is 2.14 bits per heavy atom. The van der Waals surface area contributed by atoms with Crippen molar-refractivity contribution in [3.63, 3.8) is 0 Å². The molecule has 102 valence electrons. The van der Waals surface area contributed by atoms with Gasteiger partial charge < -0.3 is 9.52 Å². The maximum Gasteiger partial charge on any atom is 0.348 e. The van der Waals surface area contributed by atoms with Crippen LogP contribution in [-0.4, -0.2) is 10.1 Å². The molecule has 0 unspecified atom stereocenters. The maximum atomic E-state index is 13.4. The zero-order valence-electron chi connectivity index (χ0n) is 10.5. The Morgan fingerprint density at radius 3 is 2.90 bits per heavy atom. The summed E-state index contributed by atoms with van der Waals surface area (Å²) in [6, 6.07) is 8.20. The Balaban J connectivity index is 2.44. The average Bonchev–Trinajstić information content (AvgIpc) is 2.47. The molecule has 0 saturated carbocycles. The lowest BCUT2D eigenvalue weighted by Gasteiger charge is -2.07. The first-order valence-electron chi connectivity index (χ1n) is 5.92. The molecule has 0 aliphatic heterocycles. The molecule has 21 heavy (non-hydrogen) atoms. The van der Waals surface area contributed by atoms with E-state index >= 15 is 0 Å². The summed E-state index contributed by atoms with van der Waals surface area (Å²) in [7, 11) is 0. The van der Waals surface area contributed by atoms with E-state index in [4.69, 9.17) is 9.68 Å². The van der Waals surface area contributed by atoms with Crippen LogP contribution in [0.15, 0.2) is 45.7 Å². The molecule has 0 fully saturated rings. The molecule has 0 amide bonds. The summed E-state index contributed by atoms with van der Waals surface area (Å²) in [4.78, 5) is 16.0. The number of nitriles is 1. The van der Waals surface area contributed by atoms with Gasteiger partial charge in [-0.05, 0) is 30.3 Å². The van der Waals surface area contributed by atoms with Crippen LogP contribution >= 0.6 is 0 Å². The molecule has 2 aromatic heterocycles. The number of hydrogen-bond acceptors (Lipinski definition) is 5. The molecule has 5 nitrogen and oxygen atoms in total. The van der Waals surface area contributed by atoms with Crippen LogP contribution in [0.4, 0.5) is 4.39 Å². The number of nitrogens with zero attached hydrogens (tertiary/aromatic N) is 2. The summed E-state index contributed by atoms with van der Waals surface area (Å²) in [6.45, 7) is 0. The minimum Gasteiger partial charge on any atom is -0.505 e. The van der Waals surface area contributed by atoms with Crippen molar-refractivity contribution in [2.24, 2.45) is 0 Å². The lowest BCUT2D eigenvalue weighted by atomic mass is 10.0. The standard InChI is InChI=1S/C15H7FN2O3/c16-9-4-3-8(7-17)10(6-9)12-14(19)13-11(21-15(12)20)2-1-5-18-13/h1-6,19H. The predicted octanol–water partition coefficient (Wildman–Crippen LogP) is 2.57. The highest BCUT2D eigenvalue weighted by atomic mass is 19.1. The normalized spacial score (nSPS) is 10.5. The summed E-state index contributed by atoms with van der Waals surface area (Å²) in [5.41, 5.74) is -0.947. The van der Waals surface area contributed by atoms with Gasteiger partial charge in [-0.1, -0.05) is 0 Å². The third kappa shape index (κ3) is 2.01. The predicted molar refractivity (Wildman–Crippen MR) is 72.1 cm³/mol. The first-order chi connectivity index (χ1) is 10.1. The highest BCUT2D eigenvalue weighted by Gasteiger charge is 2.19. The topological polar surface area (TPSA) is 87.1 Å². The van der Waals surface area contributed by atoms with E-state index in [0.717, 1.165) is 12.1 Å². The quantitative estimate of drug-likeness (QED) is 0.741. The second-order valence-electron chi connectivity index (χ2n) is 4.26. The van der Waals surface area contributed by atoms with Crippen molar-refractivity contribution in [2.45, 2.75) is 0 Å². The summed E-state index contributed by atoms with van der Waals surface area (Å²) in [6.07, 6.45) is 1.42. The monoisotopic (exact) mass is 282 g/mol. The molecule has 0 radical (unpaired) electrons. The van der Waals surface area contributed by atoms with Gasteiger partial charge in [-0.2, -0.15) is 5.26 Å². The largest absolute Gasteiger partial charge is 0.505 e. The van der Waals surface area contributed by atoms with E-state index in [1.54, 1.807) is 6.07 Å². The molecular weight excluding hydrogens is 275 g/mol. The molecule has 6 heteroatoms. The first kappa shape index (κ1) is 12.8. The molecule has 2 heterocycles. The van der Waals surface area contributed by atoms with Gasteiger partial charge in [-0.25, -0.2) is 14.2 Å². The highest BCUT2D eigenvalue weighted by Crippen LogP contribution is 2.33. The van der Waals surface area contributed by atoms with E-state index in [-0.39, 0.29) is 27.8 Å². The van der Waals surface area contributed by atoms with Crippen molar-refractivity contribution in [1.82, 2.24) is 4.98 Å². The third-order valence-corrected chi connectivity index (χ3v) is 3.01. The molecule has 0 aliphatic rings. The van der Waals surface area contributed by atoms with Crippen molar-refractivity contribution in [2.75, 3.05) is 0 Å². The van der Waals surface area contributed by atoms with Crippen LogP contribution in [0.5, 0.6) is 5.75 Å². The average molecular weight is 282 g/mol. The van der Waals surface area contributed by atoms with E-state index < -0.39 is 17.2 Å². The van der Waals surface area contributed by atoms with Crippen molar-refractivity contribution in [1.29, 1.82) is 5.26 Å². The fraction of sp³-hybridized carbons (Fsp3) is 0. The third-order valence-electron chi connectivity index (χ3n) is 3.01. The molecule has 3 rings (SSSR count). The van der Waals surface area contributed by atoms with Crippen LogP contribution in [0.2, 0.25) is 0 Å². The van der Waals surface area contributed by atoms with E-state index in [2.05, 4.69) is 4.98 Å². The van der Waals surface area contributed by atoms with Crippen molar-refractivity contribution < 1.29 is 13.9 Å². The Labute approximate surface area is 117 Å². The minimum atomic E-state index is -0.866. The van der Waals surface area contributed by atoms with Gasteiger partial charge in [0.1, 0.15) is 16.9 Å². The lowest BCUT2D eigenvalue weighted by molar-refractivity contribution is 0.469. The van der Waals surface area contributed by atoms with E-state index in [0.29, 0.717) is 0 Å². The fourth-order valence-corrected chi connectivity index (χ4v) is 2.08. The van der Waals surface area contributed by atoms with Crippen molar-refractivity contribution >= 4 is 11.1 Å².